The van der Waals surface area contributed by atoms with Crippen LogP contribution in [0.15, 0.2) is 56.2 Å². The van der Waals surface area contributed by atoms with E-state index in [1.807, 2.05) is 6.07 Å². The first-order valence-corrected chi connectivity index (χ1v) is 7.74. The van der Waals surface area contributed by atoms with E-state index in [0.717, 1.165) is 5.56 Å². The maximum Gasteiger partial charge on any atom is 0.417 e. The zero-order valence-corrected chi connectivity index (χ0v) is 14.0. The van der Waals surface area contributed by atoms with Crippen molar-refractivity contribution in [3.63, 3.8) is 0 Å². The third-order valence-corrected chi connectivity index (χ3v) is 3.85. The van der Waals surface area contributed by atoms with Crippen LogP contribution in [0.2, 0.25) is 0 Å². The van der Waals surface area contributed by atoms with Crippen molar-refractivity contribution < 1.29 is 18.3 Å². The zero-order chi connectivity index (χ0) is 18.1. The number of rotatable bonds is 5. The first-order valence-electron chi connectivity index (χ1n) is 7.74. The number of nitrogens with one attached hydrogen (secondary N) is 2. The highest BCUT2D eigenvalue weighted by Gasteiger charge is 2.13. The number of benzene rings is 2. The van der Waals surface area contributed by atoms with E-state index >= 15 is 0 Å². The molecule has 132 valence electrons. The van der Waals surface area contributed by atoms with Gasteiger partial charge in [-0.05, 0) is 30.3 Å². The molecular formula is C18H15N3O5. The molecule has 4 aromatic rings. The number of hydrogen-bond acceptors (Lipinski definition) is 7. The van der Waals surface area contributed by atoms with Crippen LogP contribution in [-0.4, -0.2) is 24.2 Å². The molecule has 26 heavy (non-hydrogen) atoms. The smallest absolute Gasteiger partial charge is 0.417 e. The number of anilines is 2. The van der Waals surface area contributed by atoms with E-state index in [2.05, 4.69) is 15.3 Å². The Morgan fingerprint density at radius 2 is 1.96 bits per heavy atom. The summed E-state index contributed by atoms with van der Waals surface area (Å²) >= 11 is 0. The molecule has 0 aliphatic heterocycles. The first-order chi connectivity index (χ1) is 12.7. The van der Waals surface area contributed by atoms with Gasteiger partial charge in [0.1, 0.15) is 11.5 Å². The quantitative estimate of drug-likeness (QED) is 0.566. The standard InChI is InChI=1S/C18H15N3O5/c1-23-11-4-6-14(24-2)12(8-11)16-9-19-17(25-16)20-10-3-5-13-15(7-10)26-18(22)21-13/h3-9H,1-2H3,(H,19,20)(H,21,22). The molecule has 0 aliphatic rings. The molecule has 8 heteroatoms. The number of methoxy groups -OCH3 is 2. The second-order valence-electron chi connectivity index (χ2n) is 5.45. The van der Waals surface area contributed by atoms with Crippen LogP contribution in [0.25, 0.3) is 22.4 Å². The topological polar surface area (TPSA) is 103 Å². The van der Waals surface area contributed by atoms with Crippen molar-refractivity contribution in [3.05, 3.63) is 53.1 Å². The second kappa shape index (κ2) is 6.32. The normalized spacial score (nSPS) is 10.8. The Morgan fingerprint density at radius 1 is 1.08 bits per heavy atom. The molecule has 2 aromatic heterocycles. The van der Waals surface area contributed by atoms with E-state index in [4.69, 9.17) is 18.3 Å². The number of ether oxygens (including phenoxy) is 2. The maximum atomic E-state index is 11.2. The largest absolute Gasteiger partial charge is 0.497 e. The van der Waals surface area contributed by atoms with Crippen LogP contribution in [0.4, 0.5) is 11.7 Å². The van der Waals surface area contributed by atoms with Gasteiger partial charge >= 0.3 is 5.76 Å². The van der Waals surface area contributed by atoms with Crippen LogP contribution >= 0.6 is 0 Å². The lowest BCUT2D eigenvalue weighted by Gasteiger charge is -2.08. The molecule has 4 rings (SSSR count). The van der Waals surface area contributed by atoms with Crippen molar-refractivity contribution in [2.45, 2.75) is 0 Å². The fourth-order valence-electron chi connectivity index (χ4n) is 2.61. The summed E-state index contributed by atoms with van der Waals surface area (Å²) in [5, 5.41) is 3.04. The summed E-state index contributed by atoms with van der Waals surface area (Å²) in [6, 6.07) is 10.9. The predicted molar refractivity (Wildman–Crippen MR) is 95.2 cm³/mol. The molecule has 0 saturated carbocycles. The molecule has 0 saturated heterocycles. The average molecular weight is 353 g/mol. The summed E-state index contributed by atoms with van der Waals surface area (Å²) in [6.07, 6.45) is 1.59. The van der Waals surface area contributed by atoms with Gasteiger partial charge in [0, 0.05) is 11.8 Å². The minimum absolute atomic E-state index is 0.294. The lowest BCUT2D eigenvalue weighted by atomic mass is 10.1. The highest BCUT2D eigenvalue weighted by Crippen LogP contribution is 2.35. The van der Waals surface area contributed by atoms with Crippen LogP contribution in [0, 0.1) is 0 Å². The molecule has 0 bridgehead atoms. The molecular weight excluding hydrogens is 338 g/mol. The summed E-state index contributed by atoms with van der Waals surface area (Å²) in [6.45, 7) is 0. The molecule has 0 spiro atoms. The molecule has 0 amide bonds. The van der Waals surface area contributed by atoms with Gasteiger partial charge in [0.2, 0.25) is 0 Å². The van der Waals surface area contributed by atoms with Gasteiger partial charge in [-0.25, -0.2) is 9.78 Å². The van der Waals surface area contributed by atoms with Crippen LogP contribution in [0.3, 0.4) is 0 Å². The highest BCUT2D eigenvalue weighted by atomic mass is 16.5. The molecule has 8 nitrogen and oxygen atoms in total. The summed E-state index contributed by atoms with van der Waals surface area (Å²) in [5.74, 6) is 1.35. The lowest BCUT2D eigenvalue weighted by molar-refractivity contribution is 0.403. The molecule has 0 unspecified atom stereocenters. The van der Waals surface area contributed by atoms with Crippen molar-refractivity contribution in [3.8, 4) is 22.8 Å². The van der Waals surface area contributed by atoms with Crippen molar-refractivity contribution in [2.24, 2.45) is 0 Å². The molecule has 2 heterocycles. The van der Waals surface area contributed by atoms with Crippen molar-refractivity contribution in [1.29, 1.82) is 0 Å². The Hall–Kier alpha value is -3.68. The number of aromatic amines is 1. The van der Waals surface area contributed by atoms with Crippen molar-refractivity contribution in [1.82, 2.24) is 9.97 Å². The Balaban J connectivity index is 1.64. The number of fused-ring (bicyclic) bond motifs is 1. The van der Waals surface area contributed by atoms with Gasteiger partial charge in [0.05, 0.1) is 31.5 Å². The van der Waals surface area contributed by atoms with Crippen molar-refractivity contribution in [2.75, 3.05) is 19.5 Å². The third-order valence-electron chi connectivity index (χ3n) is 3.85. The van der Waals surface area contributed by atoms with Crippen LogP contribution in [0.5, 0.6) is 11.5 Å². The Kier molecular flexibility index (Phi) is 3.85. The summed E-state index contributed by atoms with van der Waals surface area (Å²) in [5.41, 5.74) is 2.46. The van der Waals surface area contributed by atoms with E-state index in [-0.39, 0.29) is 0 Å². The minimum Gasteiger partial charge on any atom is -0.497 e. The van der Waals surface area contributed by atoms with Gasteiger partial charge in [0.15, 0.2) is 11.3 Å². The zero-order valence-electron chi connectivity index (χ0n) is 14.0. The second-order valence-corrected chi connectivity index (χ2v) is 5.45. The SMILES string of the molecule is COc1ccc(OC)c(-c2cnc(Nc3ccc4[nH]c(=O)oc4c3)o2)c1. The van der Waals surface area contributed by atoms with Gasteiger partial charge < -0.3 is 23.6 Å². The van der Waals surface area contributed by atoms with Gasteiger partial charge in [-0.1, -0.05) is 0 Å². The highest BCUT2D eigenvalue weighted by molar-refractivity contribution is 5.77. The molecule has 0 radical (unpaired) electrons. The number of oxazole rings is 2. The Morgan fingerprint density at radius 3 is 2.77 bits per heavy atom. The molecule has 0 fully saturated rings. The number of hydrogen-bond donors (Lipinski definition) is 2. The van der Waals surface area contributed by atoms with Crippen LogP contribution in [-0.2, 0) is 0 Å². The van der Waals surface area contributed by atoms with Gasteiger partial charge in [0.25, 0.3) is 6.01 Å². The molecule has 0 atom stereocenters. The van der Waals surface area contributed by atoms with E-state index < -0.39 is 5.76 Å². The van der Waals surface area contributed by atoms with Crippen molar-refractivity contribution >= 4 is 22.8 Å². The monoisotopic (exact) mass is 353 g/mol. The van der Waals surface area contributed by atoms with E-state index in [0.29, 0.717) is 40.1 Å². The van der Waals surface area contributed by atoms with E-state index in [1.165, 1.54) is 0 Å². The number of H-pyrrole nitrogens is 1. The maximum absolute atomic E-state index is 11.2. The summed E-state index contributed by atoms with van der Waals surface area (Å²) in [7, 11) is 3.18. The van der Waals surface area contributed by atoms with E-state index in [1.54, 1.807) is 50.7 Å². The molecule has 2 N–H and O–H groups in total. The first kappa shape index (κ1) is 15.8. The number of nitrogens with zero attached hydrogens (tertiary/aromatic N) is 1. The van der Waals surface area contributed by atoms with Gasteiger partial charge in [-0.15, -0.1) is 0 Å². The van der Waals surface area contributed by atoms with Crippen LogP contribution < -0.4 is 20.5 Å². The third kappa shape index (κ3) is 2.88. The average Bonchev–Trinajstić information content (AvgIpc) is 3.26. The Labute approximate surface area is 147 Å². The summed E-state index contributed by atoms with van der Waals surface area (Å²) < 4.78 is 21.4. The molecule has 2 aromatic carbocycles. The predicted octanol–water partition coefficient (Wildman–Crippen LogP) is 3.54. The summed E-state index contributed by atoms with van der Waals surface area (Å²) in [4.78, 5) is 18.0. The lowest BCUT2D eigenvalue weighted by Crippen LogP contribution is -1.92. The fourth-order valence-corrected chi connectivity index (χ4v) is 2.61. The Bertz CT molecular complexity index is 1130. The van der Waals surface area contributed by atoms with Crippen LogP contribution in [0.1, 0.15) is 0 Å². The fraction of sp³-hybridized carbons (Fsp3) is 0.111. The minimum atomic E-state index is -0.499. The van der Waals surface area contributed by atoms with Gasteiger partial charge in [-0.2, -0.15) is 0 Å². The number of aromatic nitrogens is 2. The van der Waals surface area contributed by atoms with Gasteiger partial charge in [-0.3, -0.25) is 4.98 Å². The van der Waals surface area contributed by atoms with E-state index in [9.17, 15) is 4.79 Å². The molecule has 0 aliphatic carbocycles.